The number of hydrogen-bond donors (Lipinski definition) is 1. The Hall–Kier alpha value is -1.36. The van der Waals surface area contributed by atoms with E-state index in [0.29, 0.717) is 0 Å². The molecule has 1 heterocycles. The van der Waals surface area contributed by atoms with Crippen LogP contribution in [0.4, 0.5) is 0 Å². The zero-order valence-electron chi connectivity index (χ0n) is 6.68. The van der Waals surface area contributed by atoms with Crippen LogP contribution in [0.3, 0.4) is 0 Å². The van der Waals surface area contributed by atoms with Crippen LogP contribution in [0.2, 0.25) is 0 Å². The summed E-state index contributed by atoms with van der Waals surface area (Å²) in [5, 5.41) is 8.05. The molecule has 0 radical (unpaired) electrons. The van der Waals surface area contributed by atoms with E-state index < -0.39 is 0 Å². The average molecular weight is 239 g/mol. The highest BCUT2D eigenvalue weighted by Gasteiger charge is 2.05. The molecular formula is C8H7BrN4. The van der Waals surface area contributed by atoms with E-state index in [-0.39, 0.29) is 0 Å². The third-order valence-corrected chi connectivity index (χ3v) is 1.95. The molecule has 4 nitrogen and oxygen atoms in total. The highest BCUT2D eigenvalue weighted by atomic mass is 79.9. The van der Waals surface area contributed by atoms with Gasteiger partial charge in [-0.15, -0.1) is 4.14 Å². The maximum atomic E-state index is 4.08. The third-order valence-electron chi connectivity index (χ3n) is 1.60. The van der Waals surface area contributed by atoms with Gasteiger partial charge in [-0.2, -0.15) is 15.7 Å². The van der Waals surface area contributed by atoms with Crippen molar-refractivity contribution in [3.8, 4) is 0 Å². The summed E-state index contributed by atoms with van der Waals surface area (Å²) in [5.74, 6) is 0. The van der Waals surface area contributed by atoms with E-state index in [9.17, 15) is 0 Å². The van der Waals surface area contributed by atoms with Gasteiger partial charge in [0.1, 0.15) is 5.71 Å². The number of rotatable bonds is 1. The minimum Gasteiger partial charge on any atom is -0.191 e. The van der Waals surface area contributed by atoms with Crippen LogP contribution in [0.1, 0.15) is 5.56 Å². The van der Waals surface area contributed by atoms with Gasteiger partial charge in [-0.25, -0.2) is 0 Å². The molecule has 1 aromatic carbocycles. The number of benzene rings is 1. The number of hydrogen-bond acceptors (Lipinski definition) is 4. The Labute approximate surface area is 84.2 Å². The predicted molar refractivity (Wildman–Crippen MR) is 55.4 cm³/mol. The van der Waals surface area contributed by atoms with Gasteiger partial charge in [0, 0.05) is 5.56 Å². The van der Waals surface area contributed by atoms with E-state index in [1.165, 1.54) is 4.14 Å². The fraction of sp³-hybridized carbons (Fsp3) is 0. The molecule has 13 heavy (non-hydrogen) atoms. The molecule has 0 bridgehead atoms. The van der Waals surface area contributed by atoms with Crippen molar-refractivity contribution in [1.82, 2.24) is 9.68 Å². The van der Waals surface area contributed by atoms with Crippen molar-refractivity contribution in [3.63, 3.8) is 0 Å². The largest absolute Gasteiger partial charge is 0.191 e. The molecule has 0 aromatic heterocycles. The van der Waals surface area contributed by atoms with E-state index in [4.69, 9.17) is 0 Å². The highest BCUT2D eigenvalue weighted by molar-refractivity contribution is 9.07. The molecule has 1 aliphatic rings. The summed E-state index contributed by atoms with van der Waals surface area (Å²) in [7, 11) is 0. The number of hydrazone groups is 2. The Morgan fingerprint density at radius 3 is 2.62 bits per heavy atom. The first kappa shape index (κ1) is 8.25. The van der Waals surface area contributed by atoms with Crippen LogP contribution in [-0.2, 0) is 0 Å². The van der Waals surface area contributed by atoms with Crippen molar-refractivity contribution < 1.29 is 0 Å². The van der Waals surface area contributed by atoms with E-state index >= 15 is 0 Å². The summed E-state index contributed by atoms with van der Waals surface area (Å²) in [5.41, 5.74) is 4.53. The van der Waals surface area contributed by atoms with E-state index in [0.717, 1.165) is 11.3 Å². The first-order valence-corrected chi connectivity index (χ1v) is 4.46. The van der Waals surface area contributed by atoms with Crippen LogP contribution in [0.15, 0.2) is 40.5 Å². The fourth-order valence-corrected chi connectivity index (χ4v) is 1.17. The molecule has 1 aromatic rings. The minimum absolute atomic E-state index is 0.816. The SMILES string of the molecule is BrN1N=CC(c2ccccc2)=NN1. The second-order valence-electron chi connectivity index (χ2n) is 2.47. The zero-order chi connectivity index (χ0) is 9.10. The zero-order valence-corrected chi connectivity index (χ0v) is 8.27. The molecule has 0 aliphatic carbocycles. The van der Waals surface area contributed by atoms with Gasteiger partial charge in [0.05, 0.1) is 22.4 Å². The minimum atomic E-state index is 0.816. The predicted octanol–water partition coefficient (Wildman–Crippen LogP) is 1.51. The number of nitrogens with one attached hydrogen (secondary N) is 1. The Morgan fingerprint density at radius 2 is 2.00 bits per heavy atom. The van der Waals surface area contributed by atoms with Gasteiger partial charge in [-0.1, -0.05) is 30.3 Å². The Bertz CT molecular complexity index is 346. The summed E-state index contributed by atoms with van der Waals surface area (Å²) in [4.78, 5) is 0. The molecule has 0 fully saturated rings. The lowest BCUT2D eigenvalue weighted by Gasteiger charge is -2.13. The van der Waals surface area contributed by atoms with Crippen molar-refractivity contribution in [3.05, 3.63) is 35.9 Å². The maximum Gasteiger partial charge on any atom is 0.112 e. The first-order valence-electron chi connectivity index (χ1n) is 3.75. The summed E-state index contributed by atoms with van der Waals surface area (Å²) in [6.45, 7) is 0. The molecule has 0 spiro atoms. The summed E-state index contributed by atoms with van der Waals surface area (Å²) >= 11 is 3.11. The Kier molecular flexibility index (Phi) is 2.27. The lowest BCUT2D eigenvalue weighted by atomic mass is 10.1. The van der Waals surface area contributed by atoms with Gasteiger partial charge >= 0.3 is 0 Å². The fourth-order valence-electron chi connectivity index (χ4n) is 1.00. The van der Waals surface area contributed by atoms with Crippen molar-refractivity contribution in [2.45, 2.75) is 0 Å². The van der Waals surface area contributed by atoms with Crippen molar-refractivity contribution in [1.29, 1.82) is 0 Å². The van der Waals surface area contributed by atoms with Crippen LogP contribution >= 0.6 is 16.1 Å². The summed E-state index contributed by atoms with van der Waals surface area (Å²) in [6.07, 6.45) is 1.68. The smallest absolute Gasteiger partial charge is 0.112 e. The van der Waals surface area contributed by atoms with Gasteiger partial charge in [-0.3, -0.25) is 0 Å². The van der Waals surface area contributed by atoms with Crippen molar-refractivity contribution in [2.24, 2.45) is 10.2 Å². The topological polar surface area (TPSA) is 40.0 Å². The van der Waals surface area contributed by atoms with Gasteiger partial charge in [0.2, 0.25) is 0 Å². The lowest BCUT2D eigenvalue weighted by molar-refractivity contribution is 0.394. The van der Waals surface area contributed by atoms with Gasteiger partial charge < -0.3 is 0 Å². The van der Waals surface area contributed by atoms with Crippen molar-refractivity contribution in [2.75, 3.05) is 0 Å². The highest BCUT2D eigenvalue weighted by Crippen LogP contribution is 2.04. The molecule has 0 amide bonds. The Balaban J connectivity index is 2.25. The standard InChI is InChI=1S/C8H7BrN4/c9-13-10-6-8(11-12-13)7-4-2-1-3-5-7/h1-6,12H. The quantitative estimate of drug-likeness (QED) is 0.754. The average Bonchev–Trinajstić information content (AvgIpc) is 2.20. The van der Waals surface area contributed by atoms with Gasteiger partial charge in [-0.05, 0) is 0 Å². The van der Waals surface area contributed by atoms with Gasteiger partial charge in [0.15, 0.2) is 0 Å². The molecule has 2 rings (SSSR count). The van der Waals surface area contributed by atoms with E-state index in [1.807, 2.05) is 30.3 Å². The van der Waals surface area contributed by atoms with Crippen LogP contribution in [0.25, 0.3) is 0 Å². The molecule has 0 saturated carbocycles. The van der Waals surface area contributed by atoms with Crippen LogP contribution in [-0.4, -0.2) is 16.1 Å². The third kappa shape index (κ3) is 1.86. The number of halogens is 1. The maximum absolute atomic E-state index is 4.08. The van der Waals surface area contributed by atoms with E-state index in [2.05, 4.69) is 31.9 Å². The lowest BCUT2D eigenvalue weighted by Crippen LogP contribution is -2.26. The molecule has 0 saturated heterocycles. The van der Waals surface area contributed by atoms with Crippen LogP contribution in [0.5, 0.6) is 0 Å². The second kappa shape index (κ2) is 3.57. The summed E-state index contributed by atoms with van der Waals surface area (Å²) in [6, 6.07) is 9.86. The van der Waals surface area contributed by atoms with Crippen LogP contribution in [0, 0.1) is 0 Å². The van der Waals surface area contributed by atoms with Gasteiger partial charge in [0.25, 0.3) is 0 Å². The second-order valence-corrected chi connectivity index (χ2v) is 3.14. The molecule has 5 heteroatoms. The molecule has 0 atom stereocenters. The normalized spacial score (nSPS) is 15.2. The Morgan fingerprint density at radius 1 is 1.23 bits per heavy atom. The molecule has 0 unspecified atom stereocenters. The van der Waals surface area contributed by atoms with Crippen molar-refractivity contribution >= 4 is 28.1 Å². The molecular weight excluding hydrogens is 232 g/mol. The molecule has 1 aliphatic heterocycles. The number of hydrazine groups is 1. The summed E-state index contributed by atoms with van der Waals surface area (Å²) < 4.78 is 1.36. The first-order chi connectivity index (χ1) is 6.36. The van der Waals surface area contributed by atoms with Crippen LogP contribution < -0.4 is 5.53 Å². The monoisotopic (exact) mass is 238 g/mol. The molecule has 1 N–H and O–H groups in total. The number of nitrogens with zero attached hydrogens (tertiary/aromatic N) is 3. The van der Waals surface area contributed by atoms with E-state index in [1.54, 1.807) is 6.21 Å². The molecule has 66 valence electrons.